The maximum atomic E-state index is 6.18. The number of benzene rings is 1. The Morgan fingerprint density at radius 1 is 1.21 bits per heavy atom. The van der Waals surface area contributed by atoms with Crippen LogP contribution in [0.2, 0.25) is 0 Å². The van der Waals surface area contributed by atoms with Crippen molar-refractivity contribution in [3.05, 3.63) is 12.1 Å². The zero-order valence-electron chi connectivity index (χ0n) is 11.4. The fraction of sp³-hybridized carbons (Fsp3) is 0.571. The van der Waals surface area contributed by atoms with Crippen molar-refractivity contribution in [3.63, 3.8) is 0 Å². The molecule has 0 aliphatic carbocycles. The Balaban J connectivity index is 1.91. The average Bonchev–Trinajstić information content (AvgIpc) is 2.36. The van der Waals surface area contributed by atoms with E-state index in [1.54, 1.807) is 0 Å². The first-order chi connectivity index (χ1) is 9.05. The van der Waals surface area contributed by atoms with Crippen molar-refractivity contribution in [2.75, 3.05) is 42.7 Å². The lowest BCUT2D eigenvalue weighted by atomic mass is 10.1. The zero-order valence-corrected chi connectivity index (χ0v) is 12.3. The first-order valence-electron chi connectivity index (χ1n) is 6.63. The van der Waals surface area contributed by atoms with Crippen molar-refractivity contribution in [1.82, 2.24) is 0 Å². The Bertz CT molecular complexity index is 491. The largest absolute Gasteiger partial charge is 0.486 e. The van der Waals surface area contributed by atoms with Crippen LogP contribution in [0.4, 0.5) is 11.4 Å². The molecule has 0 unspecified atom stereocenters. The number of anilines is 2. The van der Waals surface area contributed by atoms with E-state index >= 15 is 0 Å². The Labute approximate surface area is 118 Å². The summed E-state index contributed by atoms with van der Waals surface area (Å²) < 4.78 is 11.5. The Hall–Kier alpha value is -1.23. The van der Waals surface area contributed by atoms with Crippen LogP contribution in [0.3, 0.4) is 0 Å². The van der Waals surface area contributed by atoms with Gasteiger partial charge in [-0.05, 0) is 13.8 Å². The maximum Gasteiger partial charge on any atom is 0.163 e. The third-order valence-corrected chi connectivity index (χ3v) is 4.76. The van der Waals surface area contributed by atoms with E-state index < -0.39 is 0 Å². The molecule has 1 fully saturated rings. The molecule has 5 heteroatoms. The molecule has 2 N–H and O–H groups in total. The molecular weight excluding hydrogens is 260 g/mol. The van der Waals surface area contributed by atoms with E-state index in [1.165, 1.54) is 0 Å². The van der Waals surface area contributed by atoms with E-state index in [2.05, 4.69) is 18.7 Å². The summed E-state index contributed by atoms with van der Waals surface area (Å²) in [5.41, 5.74) is 8.02. The van der Waals surface area contributed by atoms with Crippen LogP contribution in [0.1, 0.15) is 13.8 Å². The topological polar surface area (TPSA) is 47.7 Å². The molecule has 0 radical (unpaired) electrons. The number of nitrogens with two attached hydrogens (primary N) is 1. The molecule has 4 nitrogen and oxygen atoms in total. The van der Waals surface area contributed by atoms with Gasteiger partial charge in [-0.3, -0.25) is 0 Å². The fourth-order valence-electron chi connectivity index (χ4n) is 2.59. The molecule has 0 bridgehead atoms. The van der Waals surface area contributed by atoms with Crippen LogP contribution in [-0.4, -0.2) is 36.8 Å². The lowest BCUT2D eigenvalue weighted by molar-refractivity contribution is 0.172. The highest BCUT2D eigenvalue weighted by atomic mass is 32.2. The van der Waals surface area contributed by atoms with Crippen LogP contribution in [0.5, 0.6) is 11.5 Å². The molecule has 1 saturated heterocycles. The van der Waals surface area contributed by atoms with Gasteiger partial charge in [0.15, 0.2) is 11.5 Å². The van der Waals surface area contributed by atoms with Gasteiger partial charge < -0.3 is 20.1 Å². The summed E-state index contributed by atoms with van der Waals surface area (Å²) in [6, 6.07) is 3.91. The minimum absolute atomic E-state index is 0.262. The molecule has 0 aromatic heterocycles. The van der Waals surface area contributed by atoms with Gasteiger partial charge in [0, 0.05) is 35.7 Å². The number of thioether (sulfide) groups is 1. The van der Waals surface area contributed by atoms with E-state index in [9.17, 15) is 0 Å². The summed E-state index contributed by atoms with van der Waals surface area (Å²) in [4.78, 5) is 2.35. The van der Waals surface area contributed by atoms with E-state index in [0.29, 0.717) is 13.2 Å². The second-order valence-corrected chi connectivity index (χ2v) is 7.39. The normalized spacial score (nSPS) is 21.3. The zero-order chi connectivity index (χ0) is 13.5. The molecular formula is C14H20N2O2S. The van der Waals surface area contributed by atoms with Crippen LogP contribution in [0.15, 0.2) is 12.1 Å². The minimum Gasteiger partial charge on any atom is -0.486 e. The van der Waals surface area contributed by atoms with E-state index in [-0.39, 0.29) is 4.75 Å². The summed E-state index contributed by atoms with van der Waals surface area (Å²) in [5, 5.41) is 0. The third kappa shape index (κ3) is 2.56. The van der Waals surface area contributed by atoms with Crippen LogP contribution in [0.25, 0.3) is 0 Å². The molecule has 2 heterocycles. The van der Waals surface area contributed by atoms with Gasteiger partial charge in [-0.2, -0.15) is 11.8 Å². The Morgan fingerprint density at radius 3 is 2.58 bits per heavy atom. The van der Waals surface area contributed by atoms with Crippen LogP contribution in [0, 0.1) is 0 Å². The van der Waals surface area contributed by atoms with Crippen LogP contribution in [-0.2, 0) is 0 Å². The summed E-state index contributed by atoms with van der Waals surface area (Å²) in [6.45, 7) is 7.78. The second kappa shape index (κ2) is 4.71. The number of hydrogen-bond acceptors (Lipinski definition) is 5. The smallest absolute Gasteiger partial charge is 0.163 e. The summed E-state index contributed by atoms with van der Waals surface area (Å²) in [5.74, 6) is 2.70. The number of nitrogens with zero attached hydrogens (tertiary/aromatic N) is 1. The highest BCUT2D eigenvalue weighted by Crippen LogP contribution is 2.41. The molecule has 0 saturated carbocycles. The molecule has 2 aliphatic rings. The summed E-state index contributed by atoms with van der Waals surface area (Å²) in [7, 11) is 0. The van der Waals surface area contributed by atoms with Gasteiger partial charge >= 0.3 is 0 Å². The molecule has 1 aromatic carbocycles. The van der Waals surface area contributed by atoms with Gasteiger partial charge in [0.2, 0.25) is 0 Å². The maximum absolute atomic E-state index is 6.18. The quantitative estimate of drug-likeness (QED) is 0.800. The van der Waals surface area contributed by atoms with Crippen molar-refractivity contribution in [1.29, 1.82) is 0 Å². The van der Waals surface area contributed by atoms with E-state index in [1.807, 2.05) is 23.9 Å². The van der Waals surface area contributed by atoms with Gasteiger partial charge in [0.25, 0.3) is 0 Å². The third-order valence-electron chi connectivity index (χ3n) is 3.46. The van der Waals surface area contributed by atoms with Crippen molar-refractivity contribution >= 4 is 23.1 Å². The van der Waals surface area contributed by atoms with Gasteiger partial charge in [-0.1, -0.05) is 0 Å². The molecule has 0 amide bonds. The number of ether oxygens (including phenoxy) is 2. The lowest BCUT2D eigenvalue weighted by Gasteiger charge is -2.39. The summed E-state index contributed by atoms with van der Waals surface area (Å²) >= 11 is 2.02. The van der Waals surface area contributed by atoms with Crippen molar-refractivity contribution in [2.24, 2.45) is 0 Å². The molecule has 3 rings (SSSR count). The molecule has 19 heavy (non-hydrogen) atoms. The van der Waals surface area contributed by atoms with Crippen molar-refractivity contribution in [2.45, 2.75) is 18.6 Å². The SMILES string of the molecule is CC1(C)CN(c2cc3c(cc2N)OCCO3)CCS1. The minimum atomic E-state index is 0.262. The lowest BCUT2D eigenvalue weighted by Crippen LogP contribution is -2.43. The van der Waals surface area contributed by atoms with E-state index in [4.69, 9.17) is 15.2 Å². The number of nitrogen functional groups attached to an aromatic ring is 1. The van der Waals surface area contributed by atoms with Crippen molar-refractivity contribution < 1.29 is 9.47 Å². The molecule has 1 aromatic rings. The first-order valence-corrected chi connectivity index (χ1v) is 7.62. The predicted molar refractivity (Wildman–Crippen MR) is 80.6 cm³/mol. The number of fused-ring (bicyclic) bond motifs is 1. The average molecular weight is 280 g/mol. The van der Waals surface area contributed by atoms with Gasteiger partial charge in [0.1, 0.15) is 13.2 Å². The van der Waals surface area contributed by atoms with Crippen LogP contribution >= 0.6 is 11.8 Å². The van der Waals surface area contributed by atoms with Crippen LogP contribution < -0.4 is 20.1 Å². The van der Waals surface area contributed by atoms with Gasteiger partial charge in [0.05, 0.1) is 11.4 Å². The number of rotatable bonds is 1. The second-order valence-electron chi connectivity index (χ2n) is 5.58. The fourth-order valence-corrected chi connectivity index (χ4v) is 3.70. The molecule has 0 atom stereocenters. The Morgan fingerprint density at radius 2 is 1.89 bits per heavy atom. The predicted octanol–water partition coefficient (Wildman–Crippen LogP) is 2.37. The first kappa shape index (κ1) is 12.8. The Kier molecular flexibility index (Phi) is 3.17. The standard InChI is InChI=1S/C14H20N2O2S/c1-14(2)9-16(3-6-19-14)11-8-13-12(7-10(11)15)17-4-5-18-13/h7-8H,3-6,9,15H2,1-2H3. The molecule has 2 aliphatic heterocycles. The molecule has 0 spiro atoms. The monoisotopic (exact) mass is 280 g/mol. The van der Waals surface area contributed by atoms with Gasteiger partial charge in [-0.25, -0.2) is 0 Å². The van der Waals surface area contributed by atoms with E-state index in [0.717, 1.165) is 41.7 Å². The molecule has 104 valence electrons. The van der Waals surface area contributed by atoms with Gasteiger partial charge in [-0.15, -0.1) is 0 Å². The highest BCUT2D eigenvalue weighted by molar-refractivity contribution is 8.00. The summed E-state index contributed by atoms with van der Waals surface area (Å²) in [6.07, 6.45) is 0. The van der Waals surface area contributed by atoms with Crippen molar-refractivity contribution in [3.8, 4) is 11.5 Å². The number of hydrogen-bond donors (Lipinski definition) is 1. The highest BCUT2D eigenvalue weighted by Gasteiger charge is 2.29.